The van der Waals surface area contributed by atoms with Gasteiger partial charge in [-0.05, 0) is 6.92 Å². The molecule has 6 heteroatoms. The molecule has 3 N–H and O–H groups in total. The summed E-state index contributed by atoms with van der Waals surface area (Å²) in [5, 5.41) is 11.2. The molecule has 0 unspecified atom stereocenters. The average molecular weight is 212 g/mol. The molecule has 0 saturated heterocycles. The zero-order chi connectivity index (χ0) is 10.3. The van der Waals surface area contributed by atoms with Crippen LogP contribution in [-0.4, -0.2) is 20.0 Å². The predicted octanol–water partition coefficient (Wildman–Crippen LogP) is 1.35. The van der Waals surface area contributed by atoms with E-state index in [1.165, 1.54) is 0 Å². The molecule has 0 atom stereocenters. The fourth-order valence-corrected chi connectivity index (χ4v) is 1.50. The van der Waals surface area contributed by atoms with E-state index in [9.17, 15) is 0 Å². The third-order valence-electron chi connectivity index (χ3n) is 2.03. The van der Waals surface area contributed by atoms with E-state index in [0.29, 0.717) is 16.5 Å². The second-order valence-electron chi connectivity index (χ2n) is 3.10. The number of anilines is 1. The van der Waals surface area contributed by atoms with Crippen LogP contribution in [0.4, 0.5) is 5.69 Å². The van der Waals surface area contributed by atoms with E-state index < -0.39 is 0 Å². The van der Waals surface area contributed by atoms with Gasteiger partial charge in [0, 0.05) is 18.8 Å². The number of nitrogens with two attached hydrogens (primary N) is 1. The van der Waals surface area contributed by atoms with Gasteiger partial charge in [-0.3, -0.25) is 9.78 Å². The highest BCUT2D eigenvalue weighted by Crippen LogP contribution is 2.30. The van der Waals surface area contributed by atoms with Gasteiger partial charge in [0.2, 0.25) is 0 Å². The van der Waals surface area contributed by atoms with Gasteiger partial charge in [-0.25, -0.2) is 0 Å². The Morgan fingerprint density at radius 2 is 2.29 bits per heavy atom. The number of nitrogen functional groups attached to an aromatic ring is 1. The molecule has 0 aliphatic rings. The third-order valence-corrected chi connectivity index (χ3v) is 2.31. The zero-order valence-electron chi connectivity index (χ0n) is 7.87. The molecule has 0 radical (unpaired) electrons. The van der Waals surface area contributed by atoms with E-state index in [-0.39, 0.29) is 0 Å². The number of H-pyrrole nitrogens is 1. The first-order valence-corrected chi connectivity index (χ1v) is 4.47. The Balaban J connectivity index is 2.59. The van der Waals surface area contributed by atoms with Crippen LogP contribution < -0.4 is 5.73 Å². The van der Waals surface area contributed by atoms with Crippen molar-refractivity contribution in [2.45, 2.75) is 6.92 Å². The molecule has 5 nitrogen and oxygen atoms in total. The molecule has 2 aromatic rings. The molecule has 14 heavy (non-hydrogen) atoms. The van der Waals surface area contributed by atoms with Crippen LogP contribution in [0.3, 0.4) is 0 Å². The summed E-state index contributed by atoms with van der Waals surface area (Å²) in [7, 11) is 1.85. The standard InChI is InChI=1S/C8H10ClN5/c1-4-5(3-14(2)13-4)7-6(10)8(9)12-11-7/h3H,10H2,1-2H3,(H,11,12). The van der Waals surface area contributed by atoms with Crippen molar-refractivity contribution in [3.8, 4) is 11.3 Å². The molecule has 2 heterocycles. The van der Waals surface area contributed by atoms with Crippen LogP contribution in [-0.2, 0) is 7.05 Å². The van der Waals surface area contributed by atoms with Gasteiger partial charge in [-0.2, -0.15) is 10.2 Å². The largest absolute Gasteiger partial charge is 0.394 e. The first kappa shape index (κ1) is 9.08. The number of aromatic nitrogens is 4. The van der Waals surface area contributed by atoms with Gasteiger partial charge >= 0.3 is 0 Å². The smallest absolute Gasteiger partial charge is 0.148 e. The van der Waals surface area contributed by atoms with E-state index in [2.05, 4.69) is 15.3 Å². The van der Waals surface area contributed by atoms with Crippen LogP contribution in [0.5, 0.6) is 0 Å². The normalized spacial score (nSPS) is 10.8. The molecule has 2 rings (SSSR count). The van der Waals surface area contributed by atoms with Crippen molar-refractivity contribution in [1.29, 1.82) is 0 Å². The minimum Gasteiger partial charge on any atom is -0.394 e. The van der Waals surface area contributed by atoms with Crippen LogP contribution in [0.1, 0.15) is 5.69 Å². The fraction of sp³-hybridized carbons (Fsp3) is 0.250. The Labute approximate surface area is 85.9 Å². The van der Waals surface area contributed by atoms with E-state index >= 15 is 0 Å². The molecule has 2 aromatic heterocycles. The first-order valence-electron chi connectivity index (χ1n) is 4.09. The van der Waals surface area contributed by atoms with Crippen LogP contribution >= 0.6 is 11.6 Å². The van der Waals surface area contributed by atoms with Gasteiger partial charge in [0.1, 0.15) is 10.8 Å². The summed E-state index contributed by atoms with van der Waals surface area (Å²) in [5.41, 5.74) is 8.64. The van der Waals surface area contributed by atoms with E-state index in [4.69, 9.17) is 17.3 Å². The van der Waals surface area contributed by atoms with Gasteiger partial charge in [0.05, 0.1) is 11.4 Å². The van der Waals surface area contributed by atoms with E-state index in [1.807, 2.05) is 20.2 Å². The lowest BCUT2D eigenvalue weighted by Gasteiger charge is -1.93. The quantitative estimate of drug-likeness (QED) is 0.748. The summed E-state index contributed by atoms with van der Waals surface area (Å²) in [5.74, 6) is 0. The summed E-state index contributed by atoms with van der Waals surface area (Å²) in [6, 6.07) is 0. The second kappa shape index (κ2) is 3.02. The maximum Gasteiger partial charge on any atom is 0.148 e. The number of halogens is 1. The van der Waals surface area contributed by atoms with Crippen LogP contribution in [0, 0.1) is 6.92 Å². The Hall–Kier alpha value is -1.49. The van der Waals surface area contributed by atoms with Crippen molar-refractivity contribution in [1.82, 2.24) is 20.0 Å². The van der Waals surface area contributed by atoms with Crippen molar-refractivity contribution >= 4 is 17.3 Å². The number of hydrogen-bond donors (Lipinski definition) is 2. The van der Waals surface area contributed by atoms with Crippen LogP contribution in [0.25, 0.3) is 11.3 Å². The maximum atomic E-state index is 5.77. The number of rotatable bonds is 1. The lowest BCUT2D eigenvalue weighted by molar-refractivity contribution is 0.756. The highest BCUT2D eigenvalue weighted by molar-refractivity contribution is 6.32. The molecular weight excluding hydrogens is 202 g/mol. The highest BCUT2D eigenvalue weighted by Gasteiger charge is 2.14. The SMILES string of the molecule is Cc1nn(C)cc1-c1n[nH]c(Cl)c1N. The molecule has 0 aliphatic carbocycles. The molecule has 0 aliphatic heterocycles. The molecule has 0 aromatic carbocycles. The van der Waals surface area contributed by atoms with E-state index in [1.54, 1.807) is 4.68 Å². The zero-order valence-corrected chi connectivity index (χ0v) is 8.63. The second-order valence-corrected chi connectivity index (χ2v) is 3.48. The van der Waals surface area contributed by atoms with Crippen molar-refractivity contribution in [2.24, 2.45) is 7.05 Å². The molecule has 0 bridgehead atoms. The molecular formula is C8H10ClN5. The summed E-state index contributed by atoms with van der Waals surface area (Å²) in [6.07, 6.45) is 1.86. The first-order chi connectivity index (χ1) is 6.59. The number of aryl methyl sites for hydroxylation is 2. The van der Waals surface area contributed by atoms with Gasteiger partial charge in [0.15, 0.2) is 0 Å². The third kappa shape index (κ3) is 1.26. The number of nitrogens with one attached hydrogen (secondary N) is 1. The predicted molar refractivity (Wildman–Crippen MR) is 54.9 cm³/mol. The summed E-state index contributed by atoms with van der Waals surface area (Å²) in [6.45, 7) is 1.90. The Kier molecular flexibility index (Phi) is 1.96. The minimum absolute atomic E-state index is 0.364. The van der Waals surface area contributed by atoms with Gasteiger partial charge in [-0.1, -0.05) is 11.6 Å². The van der Waals surface area contributed by atoms with Crippen molar-refractivity contribution in [3.05, 3.63) is 17.0 Å². The topological polar surface area (TPSA) is 72.5 Å². The van der Waals surface area contributed by atoms with Gasteiger partial charge in [-0.15, -0.1) is 0 Å². The summed E-state index contributed by atoms with van der Waals surface area (Å²) in [4.78, 5) is 0. The van der Waals surface area contributed by atoms with E-state index in [0.717, 1.165) is 11.3 Å². The monoisotopic (exact) mass is 211 g/mol. The average Bonchev–Trinajstić information content (AvgIpc) is 2.59. The van der Waals surface area contributed by atoms with Gasteiger partial charge in [0.25, 0.3) is 0 Å². The lowest BCUT2D eigenvalue weighted by atomic mass is 10.2. The van der Waals surface area contributed by atoms with Crippen LogP contribution in [0.2, 0.25) is 5.15 Å². The Morgan fingerprint density at radius 1 is 1.57 bits per heavy atom. The molecule has 74 valence electrons. The molecule has 0 fully saturated rings. The fourth-order valence-electron chi connectivity index (χ4n) is 1.37. The van der Waals surface area contributed by atoms with Gasteiger partial charge < -0.3 is 5.73 Å². The summed E-state index contributed by atoms with van der Waals surface area (Å²) >= 11 is 5.77. The van der Waals surface area contributed by atoms with Crippen molar-refractivity contribution < 1.29 is 0 Å². The summed E-state index contributed by atoms with van der Waals surface area (Å²) < 4.78 is 1.71. The van der Waals surface area contributed by atoms with Crippen molar-refractivity contribution in [2.75, 3.05) is 5.73 Å². The molecule has 0 saturated carbocycles. The number of aromatic amines is 1. The molecule has 0 amide bonds. The number of hydrogen-bond acceptors (Lipinski definition) is 3. The Morgan fingerprint density at radius 3 is 2.71 bits per heavy atom. The highest BCUT2D eigenvalue weighted by atomic mass is 35.5. The lowest BCUT2D eigenvalue weighted by Crippen LogP contribution is -1.87. The maximum absolute atomic E-state index is 5.77. The molecule has 0 spiro atoms. The number of nitrogens with zero attached hydrogens (tertiary/aromatic N) is 3. The Bertz CT molecular complexity index is 470. The van der Waals surface area contributed by atoms with Crippen molar-refractivity contribution in [3.63, 3.8) is 0 Å². The van der Waals surface area contributed by atoms with Crippen LogP contribution in [0.15, 0.2) is 6.20 Å². The minimum atomic E-state index is 0.364.